The number of benzene rings is 3. The van der Waals surface area contributed by atoms with E-state index in [4.69, 9.17) is 9.47 Å². The Labute approximate surface area is 178 Å². The van der Waals surface area contributed by atoms with Crippen LogP contribution < -0.4 is 14.8 Å². The van der Waals surface area contributed by atoms with Gasteiger partial charge >= 0.3 is 0 Å². The van der Waals surface area contributed by atoms with Gasteiger partial charge in [-0.05, 0) is 60.7 Å². The van der Waals surface area contributed by atoms with E-state index in [0.717, 1.165) is 29.0 Å². The largest absolute Gasteiger partial charge is 0.489 e. The second-order valence-corrected chi connectivity index (χ2v) is 7.40. The average Bonchev–Trinajstić information content (AvgIpc) is 2.79. The van der Waals surface area contributed by atoms with Crippen LogP contribution in [0.25, 0.3) is 0 Å². The molecule has 0 heterocycles. The van der Waals surface area contributed by atoms with Crippen LogP contribution in [0.1, 0.15) is 44.2 Å². The predicted molar refractivity (Wildman–Crippen MR) is 121 cm³/mol. The molecule has 4 heteroatoms. The lowest BCUT2D eigenvalue weighted by atomic mass is 9.98. The first-order valence-corrected chi connectivity index (χ1v) is 10.4. The number of carbonyl (C=O) groups excluding carboxylic acids is 1. The number of hydrogen-bond donors (Lipinski definition) is 1. The zero-order valence-electron chi connectivity index (χ0n) is 17.8. The van der Waals surface area contributed by atoms with Crippen LogP contribution in [-0.4, -0.2) is 12.0 Å². The van der Waals surface area contributed by atoms with Crippen molar-refractivity contribution >= 4 is 11.6 Å². The van der Waals surface area contributed by atoms with E-state index in [1.165, 1.54) is 0 Å². The Hall–Kier alpha value is -3.27. The Bertz CT molecular complexity index is 938. The molecule has 30 heavy (non-hydrogen) atoms. The van der Waals surface area contributed by atoms with E-state index in [1.54, 1.807) is 6.92 Å². The van der Waals surface area contributed by atoms with E-state index in [1.807, 2.05) is 72.8 Å². The summed E-state index contributed by atoms with van der Waals surface area (Å²) in [6.07, 6.45) is 0.406. The van der Waals surface area contributed by atoms with E-state index in [2.05, 4.69) is 25.2 Å². The molecule has 0 radical (unpaired) electrons. The smallest absolute Gasteiger partial charge is 0.265 e. The fraction of sp³-hybridized carbons (Fsp3) is 0.269. The van der Waals surface area contributed by atoms with Crippen LogP contribution in [0.15, 0.2) is 78.9 Å². The molecular weight excluding hydrogens is 374 g/mol. The van der Waals surface area contributed by atoms with Crippen LogP contribution in [0.4, 0.5) is 5.69 Å². The van der Waals surface area contributed by atoms with Gasteiger partial charge in [0.1, 0.15) is 18.1 Å². The quantitative estimate of drug-likeness (QED) is 0.464. The highest BCUT2D eigenvalue weighted by atomic mass is 16.5. The van der Waals surface area contributed by atoms with Crippen LogP contribution in [0, 0.1) is 0 Å². The third kappa shape index (κ3) is 5.86. The van der Waals surface area contributed by atoms with Gasteiger partial charge in [0.2, 0.25) is 0 Å². The molecule has 0 aliphatic heterocycles. The van der Waals surface area contributed by atoms with Crippen molar-refractivity contribution in [2.45, 2.75) is 45.8 Å². The summed E-state index contributed by atoms with van der Waals surface area (Å²) in [5.41, 5.74) is 2.94. The summed E-state index contributed by atoms with van der Waals surface area (Å²) in [5, 5.41) is 2.91. The molecule has 0 spiro atoms. The SMILES string of the molecule is CCC(C)c1ccccc1OC(C)C(=O)Nc1ccc(OCc2ccccc2)cc1. The van der Waals surface area contributed by atoms with Gasteiger partial charge in [-0.15, -0.1) is 0 Å². The van der Waals surface area contributed by atoms with Crippen molar-refractivity contribution in [1.29, 1.82) is 0 Å². The monoisotopic (exact) mass is 403 g/mol. The Kier molecular flexibility index (Phi) is 7.50. The molecule has 0 fully saturated rings. The number of ether oxygens (including phenoxy) is 2. The van der Waals surface area contributed by atoms with Crippen molar-refractivity contribution in [3.63, 3.8) is 0 Å². The minimum Gasteiger partial charge on any atom is -0.489 e. The first-order chi connectivity index (χ1) is 14.6. The molecule has 0 aliphatic rings. The summed E-state index contributed by atoms with van der Waals surface area (Å²) in [7, 11) is 0. The third-order valence-electron chi connectivity index (χ3n) is 5.11. The molecule has 1 N–H and O–H groups in total. The molecule has 156 valence electrons. The summed E-state index contributed by atoms with van der Waals surface area (Å²) >= 11 is 0. The number of rotatable bonds is 9. The summed E-state index contributed by atoms with van der Waals surface area (Å²) in [6, 6.07) is 25.3. The summed E-state index contributed by atoms with van der Waals surface area (Å²) in [6.45, 7) is 6.58. The van der Waals surface area contributed by atoms with Gasteiger partial charge in [-0.3, -0.25) is 4.79 Å². The van der Waals surface area contributed by atoms with Gasteiger partial charge in [-0.25, -0.2) is 0 Å². The van der Waals surface area contributed by atoms with E-state index >= 15 is 0 Å². The summed E-state index contributed by atoms with van der Waals surface area (Å²) < 4.78 is 11.8. The second kappa shape index (κ2) is 10.5. The number of amides is 1. The number of hydrogen-bond acceptors (Lipinski definition) is 3. The first-order valence-electron chi connectivity index (χ1n) is 10.4. The van der Waals surface area contributed by atoms with Gasteiger partial charge in [-0.2, -0.15) is 0 Å². The molecule has 3 aromatic carbocycles. The topological polar surface area (TPSA) is 47.6 Å². The van der Waals surface area contributed by atoms with Crippen LogP contribution in [0.5, 0.6) is 11.5 Å². The summed E-state index contributed by atoms with van der Waals surface area (Å²) in [5.74, 6) is 1.70. The Morgan fingerprint density at radius 2 is 1.57 bits per heavy atom. The number of para-hydroxylation sites is 1. The zero-order chi connectivity index (χ0) is 21.3. The van der Waals surface area contributed by atoms with Crippen molar-refractivity contribution in [2.75, 3.05) is 5.32 Å². The van der Waals surface area contributed by atoms with Gasteiger partial charge in [0.05, 0.1) is 0 Å². The Balaban J connectivity index is 1.55. The highest BCUT2D eigenvalue weighted by molar-refractivity contribution is 5.94. The van der Waals surface area contributed by atoms with Gasteiger partial charge in [0.15, 0.2) is 6.10 Å². The molecule has 3 aromatic rings. The second-order valence-electron chi connectivity index (χ2n) is 7.40. The van der Waals surface area contributed by atoms with E-state index < -0.39 is 6.10 Å². The molecule has 0 saturated carbocycles. The van der Waals surface area contributed by atoms with Crippen LogP contribution in [0.3, 0.4) is 0 Å². The lowest BCUT2D eigenvalue weighted by Crippen LogP contribution is -2.30. The van der Waals surface area contributed by atoms with Gasteiger partial charge in [0.25, 0.3) is 5.91 Å². The molecule has 1 amide bonds. The highest BCUT2D eigenvalue weighted by Gasteiger charge is 2.18. The molecule has 0 bridgehead atoms. The van der Waals surface area contributed by atoms with Gasteiger partial charge in [-0.1, -0.05) is 62.4 Å². The average molecular weight is 404 g/mol. The Morgan fingerprint density at radius 1 is 0.900 bits per heavy atom. The summed E-state index contributed by atoms with van der Waals surface area (Å²) in [4.78, 5) is 12.6. The van der Waals surface area contributed by atoms with E-state index in [-0.39, 0.29) is 5.91 Å². The van der Waals surface area contributed by atoms with Crippen molar-refractivity contribution in [3.05, 3.63) is 90.0 Å². The van der Waals surface area contributed by atoms with E-state index in [0.29, 0.717) is 18.2 Å². The number of carbonyl (C=O) groups is 1. The van der Waals surface area contributed by atoms with Crippen molar-refractivity contribution in [3.8, 4) is 11.5 Å². The van der Waals surface area contributed by atoms with Crippen molar-refractivity contribution in [1.82, 2.24) is 0 Å². The normalized spacial score (nSPS) is 12.6. The molecule has 0 saturated heterocycles. The number of nitrogens with one attached hydrogen (secondary N) is 1. The molecule has 0 aromatic heterocycles. The van der Waals surface area contributed by atoms with Crippen molar-refractivity contribution in [2.24, 2.45) is 0 Å². The van der Waals surface area contributed by atoms with Gasteiger partial charge in [0, 0.05) is 5.69 Å². The molecule has 4 nitrogen and oxygen atoms in total. The molecular formula is C26H29NO3. The first kappa shape index (κ1) is 21.4. The zero-order valence-corrected chi connectivity index (χ0v) is 17.8. The number of anilines is 1. The van der Waals surface area contributed by atoms with Crippen molar-refractivity contribution < 1.29 is 14.3 Å². The van der Waals surface area contributed by atoms with E-state index in [9.17, 15) is 4.79 Å². The maximum Gasteiger partial charge on any atom is 0.265 e. The lowest BCUT2D eigenvalue weighted by molar-refractivity contribution is -0.122. The third-order valence-corrected chi connectivity index (χ3v) is 5.11. The van der Waals surface area contributed by atoms with Crippen LogP contribution in [-0.2, 0) is 11.4 Å². The van der Waals surface area contributed by atoms with Crippen LogP contribution >= 0.6 is 0 Å². The van der Waals surface area contributed by atoms with Crippen LogP contribution in [0.2, 0.25) is 0 Å². The Morgan fingerprint density at radius 3 is 2.27 bits per heavy atom. The maximum atomic E-state index is 12.6. The standard InChI is InChI=1S/C26H29NO3/c1-4-19(2)24-12-8-9-13-25(24)30-20(3)26(28)27-22-14-16-23(17-15-22)29-18-21-10-6-5-7-11-21/h5-17,19-20H,4,18H2,1-3H3,(H,27,28). The predicted octanol–water partition coefficient (Wildman–Crippen LogP) is 6.19. The molecule has 2 atom stereocenters. The molecule has 0 aliphatic carbocycles. The fourth-order valence-corrected chi connectivity index (χ4v) is 3.08. The van der Waals surface area contributed by atoms with Gasteiger partial charge < -0.3 is 14.8 Å². The highest BCUT2D eigenvalue weighted by Crippen LogP contribution is 2.29. The minimum atomic E-state index is -0.607. The minimum absolute atomic E-state index is 0.188. The molecule has 2 unspecified atom stereocenters. The maximum absolute atomic E-state index is 12.6. The molecule has 3 rings (SSSR count). The fourth-order valence-electron chi connectivity index (χ4n) is 3.08. The lowest BCUT2D eigenvalue weighted by Gasteiger charge is -2.19.